The van der Waals surface area contributed by atoms with E-state index in [0.29, 0.717) is 33.4 Å². The van der Waals surface area contributed by atoms with Crippen molar-refractivity contribution in [1.82, 2.24) is 9.55 Å². The van der Waals surface area contributed by atoms with E-state index in [1.54, 1.807) is 36.4 Å². The number of hydrogen-bond acceptors (Lipinski definition) is 6. The number of carbonyl (C=O) groups excluding carboxylic acids is 1. The number of thiophene rings is 1. The fourth-order valence-corrected chi connectivity index (χ4v) is 5.87. The summed E-state index contributed by atoms with van der Waals surface area (Å²) in [6.07, 6.45) is 1.85. The molecule has 0 saturated carbocycles. The maximum atomic E-state index is 13.9. The SMILES string of the molecule is CCCc1sc2nc(SCC(=O)Nc3ccccc3F)n(-c3ccc(OCC)cc3)c(=O)c2c1C. The maximum Gasteiger partial charge on any atom is 0.267 e. The van der Waals surface area contributed by atoms with Crippen molar-refractivity contribution in [3.8, 4) is 11.4 Å². The molecule has 2 heterocycles. The minimum Gasteiger partial charge on any atom is -0.494 e. The molecule has 0 bridgehead atoms. The van der Waals surface area contributed by atoms with E-state index in [0.717, 1.165) is 35.0 Å². The van der Waals surface area contributed by atoms with Crippen LogP contribution < -0.4 is 15.6 Å². The van der Waals surface area contributed by atoms with E-state index in [2.05, 4.69) is 12.2 Å². The summed E-state index contributed by atoms with van der Waals surface area (Å²) in [6.45, 7) is 6.51. The van der Waals surface area contributed by atoms with Gasteiger partial charge in [0.15, 0.2) is 5.16 Å². The monoisotopic (exact) mass is 511 g/mol. The number of hydrogen-bond donors (Lipinski definition) is 1. The number of benzene rings is 2. The van der Waals surface area contributed by atoms with Crippen LogP contribution in [0.1, 0.15) is 30.7 Å². The summed E-state index contributed by atoms with van der Waals surface area (Å²) >= 11 is 2.66. The molecular formula is C26H26FN3O3S2. The number of rotatable bonds is 9. The third-order valence-corrected chi connectivity index (χ3v) is 7.58. The molecule has 1 N–H and O–H groups in total. The fourth-order valence-electron chi connectivity index (χ4n) is 3.74. The molecule has 0 aliphatic carbocycles. The van der Waals surface area contributed by atoms with Crippen molar-refractivity contribution in [3.63, 3.8) is 0 Å². The van der Waals surface area contributed by atoms with Gasteiger partial charge in [-0.2, -0.15) is 0 Å². The number of fused-ring (bicyclic) bond motifs is 1. The number of aromatic nitrogens is 2. The summed E-state index contributed by atoms with van der Waals surface area (Å²) in [4.78, 5) is 32.9. The Labute approximate surface area is 211 Å². The van der Waals surface area contributed by atoms with Crippen LogP contribution in [0.25, 0.3) is 15.9 Å². The lowest BCUT2D eigenvalue weighted by Crippen LogP contribution is -2.23. The molecule has 35 heavy (non-hydrogen) atoms. The number of thioether (sulfide) groups is 1. The summed E-state index contributed by atoms with van der Waals surface area (Å²) < 4.78 is 21.0. The molecule has 182 valence electrons. The predicted octanol–water partition coefficient (Wildman–Crippen LogP) is 5.98. The van der Waals surface area contributed by atoms with E-state index in [-0.39, 0.29) is 22.9 Å². The number of nitrogens with one attached hydrogen (secondary N) is 1. The van der Waals surface area contributed by atoms with Gasteiger partial charge in [0.05, 0.1) is 29.1 Å². The zero-order valence-corrected chi connectivity index (χ0v) is 21.4. The predicted molar refractivity (Wildman–Crippen MR) is 141 cm³/mol. The molecule has 0 aliphatic rings. The van der Waals surface area contributed by atoms with Crippen LogP contribution >= 0.6 is 23.1 Å². The third kappa shape index (κ3) is 5.41. The first kappa shape index (κ1) is 24.9. The molecule has 6 nitrogen and oxygen atoms in total. The number of ether oxygens (including phenoxy) is 1. The Balaban J connectivity index is 1.72. The molecule has 0 fully saturated rings. The quantitative estimate of drug-likeness (QED) is 0.221. The third-order valence-electron chi connectivity index (χ3n) is 5.40. The van der Waals surface area contributed by atoms with Gasteiger partial charge in [-0.3, -0.25) is 14.2 Å². The van der Waals surface area contributed by atoms with Crippen LogP contribution in [0.2, 0.25) is 0 Å². The second-order valence-corrected chi connectivity index (χ2v) is 9.89. The summed E-state index contributed by atoms with van der Waals surface area (Å²) in [7, 11) is 0. The van der Waals surface area contributed by atoms with Crippen LogP contribution in [0.4, 0.5) is 10.1 Å². The largest absolute Gasteiger partial charge is 0.494 e. The van der Waals surface area contributed by atoms with Crippen molar-refractivity contribution in [1.29, 1.82) is 0 Å². The fraction of sp³-hybridized carbons (Fsp3) is 0.269. The molecule has 2 aromatic carbocycles. The molecule has 9 heteroatoms. The normalized spacial score (nSPS) is 11.1. The van der Waals surface area contributed by atoms with Gasteiger partial charge in [0.2, 0.25) is 5.91 Å². The minimum atomic E-state index is -0.505. The molecule has 4 aromatic rings. The Kier molecular flexibility index (Phi) is 7.87. The molecule has 4 rings (SSSR count). The van der Waals surface area contributed by atoms with Crippen molar-refractivity contribution in [2.45, 2.75) is 38.8 Å². The highest BCUT2D eigenvalue weighted by atomic mass is 32.2. The lowest BCUT2D eigenvalue weighted by molar-refractivity contribution is -0.113. The van der Waals surface area contributed by atoms with E-state index < -0.39 is 5.82 Å². The summed E-state index contributed by atoms with van der Waals surface area (Å²) in [6, 6.07) is 13.2. The highest BCUT2D eigenvalue weighted by molar-refractivity contribution is 7.99. The molecule has 0 spiro atoms. The first-order valence-corrected chi connectivity index (χ1v) is 13.2. The van der Waals surface area contributed by atoms with E-state index in [4.69, 9.17) is 9.72 Å². The van der Waals surface area contributed by atoms with Crippen molar-refractivity contribution in [2.24, 2.45) is 0 Å². The Hall–Kier alpha value is -3.17. The molecule has 0 radical (unpaired) electrons. The second-order valence-electron chi connectivity index (χ2n) is 7.86. The molecule has 0 saturated heterocycles. The Bertz CT molecular complexity index is 1410. The van der Waals surface area contributed by atoms with Gasteiger partial charge in [-0.15, -0.1) is 11.3 Å². The van der Waals surface area contributed by atoms with Crippen molar-refractivity contribution < 1.29 is 13.9 Å². The van der Waals surface area contributed by atoms with E-state index in [1.165, 1.54) is 28.0 Å². The average molecular weight is 512 g/mol. The molecule has 2 aromatic heterocycles. The van der Waals surface area contributed by atoms with Gasteiger partial charge >= 0.3 is 0 Å². The number of amides is 1. The van der Waals surface area contributed by atoms with Crippen molar-refractivity contribution >= 4 is 44.9 Å². The Morgan fingerprint density at radius 1 is 1.17 bits per heavy atom. The van der Waals surface area contributed by atoms with E-state index >= 15 is 0 Å². The second kappa shape index (κ2) is 11.0. The standard InChI is InChI=1S/C26H26FN3O3S2/c1-4-8-21-16(3)23-24(35-21)29-26(34-15-22(31)28-20-10-7-6-9-19(20)27)30(25(23)32)17-11-13-18(14-12-17)33-5-2/h6-7,9-14H,4-5,8,15H2,1-3H3,(H,28,31). The molecular weight excluding hydrogens is 485 g/mol. The van der Waals surface area contributed by atoms with Crippen LogP contribution in [0, 0.1) is 12.7 Å². The highest BCUT2D eigenvalue weighted by Gasteiger charge is 2.20. The minimum absolute atomic E-state index is 0.0323. The van der Waals surface area contributed by atoms with Gasteiger partial charge in [-0.05, 0) is 62.2 Å². The molecule has 0 unspecified atom stereocenters. The molecule has 0 aliphatic heterocycles. The van der Waals surface area contributed by atoms with E-state index in [9.17, 15) is 14.0 Å². The van der Waals surface area contributed by atoms with Gasteiger partial charge < -0.3 is 10.1 Å². The summed E-state index contributed by atoms with van der Waals surface area (Å²) in [5.74, 6) is -0.222. The average Bonchev–Trinajstić information content (AvgIpc) is 3.16. The number of para-hydroxylation sites is 1. The molecule has 1 amide bonds. The van der Waals surface area contributed by atoms with Gasteiger partial charge in [0, 0.05) is 4.88 Å². The highest BCUT2D eigenvalue weighted by Crippen LogP contribution is 2.31. The number of anilines is 1. The zero-order valence-electron chi connectivity index (χ0n) is 19.8. The number of nitrogens with zero attached hydrogens (tertiary/aromatic N) is 2. The first-order valence-electron chi connectivity index (χ1n) is 11.4. The number of aryl methyl sites for hydroxylation is 2. The van der Waals surface area contributed by atoms with Crippen LogP contribution in [-0.2, 0) is 11.2 Å². The van der Waals surface area contributed by atoms with Crippen molar-refractivity contribution in [2.75, 3.05) is 17.7 Å². The van der Waals surface area contributed by atoms with Crippen molar-refractivity contribution in [3.05, 3.63) is 75.1 Å². The topological polar surface area (TPSA) is 73.2 Å². The van der Waals surface area contributed by atoms with Crippen LogP contribution in [-0.4, -0.2) is 27.8 Å². The van der Waals surface area contributed by atoms with Gasteiger partial charge in [0.25, 0.3) is 5.56 Å². The Morgan fingerprint density at radius 2 is 1.91 bits per heavy atom. The van der Waals surface area contributed by atoms with Gasteiger partial charge in [-0.1, -0.05) is 37.2 Å². The van der Waals surface area contributed by atoms with Gasteiger partial charge in [-0.25, -0.2) is 9.37 Å². The van der Waals surface area contributed by atoms with E-state index in [1.807, 2.05) is 13.8 Å². The number of halogens is 1. The smallest absolute Gasteiger partial charge is 0.267 e. The lowest BCUT2D eigenvalue weighted by atomic mass is 10.1. The van der Waals surface area contributed by atoms with Crippen LogP contribution in [0.5, 0.6) is 5.75 Å². The molecule has 0 atom stereocenters. The van der Waals surface area contributed by atoms with Gasteiger partial charge in [0.1, 0.15) is 16.4 Å². The van der Waals surface area contributed by atoms with Crippen LogP contribution in [0.15, 0.2) is 58.5 Å². The zero-order chi connectivity index (χ0) is 24.9. The number of carbonyl (C=O) groups is 1. The maximum absolute atomic E-state index is 13.9. The lowest BCUT2D eigenvalue weighted by Gasteiger charge is -2.13. The summed E-state index contributed by atoms with van der Waals surface area (Å²) in [5, 5.41) is 3.59. The summed E-state index contributed by atoms with van der Waals surface area (Å²) in [5.41, 5.74) is 1.53. The Morgan fingerprint density at radius 3 is 2.60 bits per heavy atom. The van der Waals surface area contributed by atoms with Crippen LogP contribution in [0.3, 0.4) is 0 Å². The first-order chi connectivity index (χ1) is 16.9.